The lowest BCUT2D eigenvalue weighted by Crippen LogP contribution is -2.18. The Kier molecular flexibility index (Phi) is 4.34. The number of hydrogen-bond acceptors (Lipinski definition) is 2. The van der Waals surface area contributed by atoms with Crippen LogP contribution in [0.5, 0.6) is 5.75 Å². The van der Waals surface area contributed by atoms with Gasteiger partial charge in [-0.2, -0.15) is 8.78 Å². The van der Waals surface area contributed by atoms with Crippen molar-refractivity contribution in [3.63, 3.8) is 0 Å². The van der Waals surface area contributed by atoms with Crippen LogP contribution in [0.25, 0.3) is 0 Å². The molecular formula is C12H14BrF2NO. The zero-order valence-electron chi connectivity index (χ0n) is 9.33. The summed E-state index contributed by atoms with van der Waals surface area (Å²) in [5.41, 5.74) is 1.11. The molecule has 0 saturated carbocycles. The Bertz CT molecular complexity index is 381. The highest BCUT2D eigenvalue weighted by Crippen LogP contribution is 2.28. The van der Waals surface area contributed by atoms with Crippen LogP contribution in [0.2, 0.25) is 0 Å². The minimum Gasteiger partial charge on any atom is -0.434 e. The van der Waals surface area contributed by atoms with Crippen molar-refractivity contribution in [3.05, 3.63) is 28.2 Å². The van der Waals surface area contributed by atoms with Gasteiger partial charge in [0.2, 0.25) is 0 Å². The molecule has 0 unspecified atom stereocenters. The van der Waals surface area contributed by atoms with Gasteiger partial charge in [-0.3, -0.25) is 4.90 Å². The predicted molar refractivity (Wildman–Crippen MR) is 65.3 cm³/mol. The zero-order valence-corrected chi connectivity index (χ0v) is 10.9. The molecule has 0 aromatic heterocycles. The van der Waals surface area contributed by atoms with Crippen LogP contribution in [0.4, 0.5) is 8.78 Å². The van der Waals surface area contributed by atoms with E-state index in [9.17, 15) is 8.78 Å². The minimum absolute atomic E-state index is 0.185. The summed E-state index contributed by atoms with van der Waals surface area (Å²) in [6.07, 6.45) is 2.49. The molecule has 0 amide bonds. The average Bonchev–Trinajstić information content (AvgIpc) is 2.74. The van der Waals surface area contributed by atoms with Crippen LogP contribution in [-0.4, -0.2) is 24.6 Å². The Balaban J connectivity index is 2.02. The van der Waals surface area contributed by atoms with Gasteiger partial charge in [0.1, 0.15) is 5.75 Å². The van der Waals surface area contributed by atoms with Gasteiger partial charge in [-0.25, -0.2) is 0 Å². The summed E-state index contributed by atoms with van der Waals surface area (Å²) in [5.74, 6) is 0.185. The Morgan fingerprint density at radius 1 is 1.29 bits per heavy atom. The van der Waals surface area contributed by atoms with Crippen LogP contribution in [-0.2, 0) is 6.54 Å². The molecule has 0 N–H and O–H groups in total. The summed E-state index contributed by atoms with van der Waals surface area (Å²) in [5, 5.41) is 0. The minimum atomic E-state index is -2.78. The second kappa shape index (κ2) is 5.78. The molecule has 0 spiro atoms. The molecule has 94 valence electrons. The Hall–Kier alpha value is -0.680. The van der Waals surface area contributed by atoms with Crippen molar-refractivity contribution in [3.8, 4) is 5.75 Å². The predicted octanol–water partition coefficient (Wildman–Crippen LogP) is 3.65. The third kappa shape index (κ3) is 3.64. The highest BCUT2D eigenvalue weighted by atomic mass is 79.9. The molecule has 2 nitrogen and oxygen atoms in total. The van der Waals surface area contributed by atoms with Crippen molar-refractivity contribution in [2.75, 3.05) is 13.1 Å². The molecule has 0 radical (unpaired) electrons. The van der Waals surface area contributed by atoms with Crippen molar-refractivity contribution in [1.29, 1.82) is 0 Å². The lowest BCUT2D eigenvalue weighted by Gasteiger charge is -2.15. The van der Waals surface area contributed by atoms with Crippen molar-refractivity contribution in [2.24, 2.45) is 0 Å². The Labute approximate surface area is 108 Å². The monoisotopic (exact) mass is 305 g/mol. The lowest BCUT2D eigenvalue weighted by atomic mass is 10.2. The highest BCUT2D eigenvalue weighted by molar-refractivity contribution is 9.10. The molecule has 1 aliphatic heterocycles. The van der Waals surface area contributed by atoms with Gasteiger partial charge < -0.3 is 4.74 Å². The zero-order chi connectivity index (χ0) is 12.3. The molecule has 1 fully saturated rings. The second-order valence-corrected chi connectivity index (χ2v) is 4.98. The maximum Gasteiger partial charge on any atom is 0.387 e. The average molecular weight is 306 g/mol. The maximum absolute atomic E-state index is 12.1. The number of alkyl halides is 2. The van der Waals surface area contributed by atoms with Gasteiger partial charge in [0, 0.05) is 6.54 Å². The first-order valence-electron chi connectivity index (χ1n) is 5.61. The molecule has 5 heteroatoms. The van der Waals surface area contributed by atoms with Crippen LogP contribution in [0.1, 0.15) is 18.4 Å². The van der Waals surface area contributed by atoms with E-state index in [2.05, 4.69) is 25.6 Å². The number of benzene rings is 1. The van der Waals surface area contributed by atoms with Gasteiger partial charge in [0.15, 0.2) is 0 Å². The summed E-state index contributed by atoms with van der Waals surface area (Å²) >= 11 is 3.25. The first kappa shape index (κ1) is 12.8. The van der Waals surface area contributed by atoms with Gasteiger partial charge in [0.05, 0.1) is 4.47 Å². The van der Waals surface area contributed by atoms with Crippen molar-refractivity contribution < 1.29 is 13.5 Å². The van der Waals surface area contributed by atoms with Crippen LogP contribution in [0.3, 0.4) is 0 Å². The van der Waals surface area contributed by atoms with Crippen molar-refractivity contribution in [1.82, 2.24) is 4.90 Å². The van der Waals surface area contributed by atoms with Gasteiger partial charge in [-0.1, -0.05) is 6.07 Å². The van der Waals surface area contributed by atoms with Gasteiger partial charge in [-0.15, -0.1) is 0 Å². The molecule has 0 bridgehead atoms. The number of hydrogen-bond donors (Lipinski definition) is 0. The van der Waals surface area contributed by atoms with E-state index in [0.29, 0.717) is 4.47 Å². The summed E-state index contributed by atoms with van der Waals surface area (Å²) in [7, 11) is 0. The Morgan fingerprint density at radius 3 is 2.59 bits per heavy atom. The van der Waals surface area contributed by atoms with E-state index in [-0.39, 0.29) is 5.75 Å². The molecule has 2 rings (SSSR count). The summed E-state index contributed by atoms with van der Waals surface area (Å²) < 4.78 is 29.1. The molecule has 0 aliphatic carbocycles. The SMILES string of the molecule is FC(F)Oc1ccc(CN2CCCC2)cc1Br. The van der Waals surface area contributed by atoms with Crippen LogP contribution in [0, 0.1) is 0 Å². The van der Waals surface area contributed by atoms with Crippen molar-refractivity contribution in [2.45, 2.75) is 26.0 Å². The molecule has 0 atom stereocenters. The summed E-state index contributed by atoms with van der Waals surface area (Å²) in [4.78, 5) is 2.36. The first-order chi connectivity index (χ1) is 8.15. The fourth-order valence-electron chi connectivity index (χ4n) is 2.03. The molecule has 1 aromatic carbocycles. The number of rotatable bonds is 4. The van der Waals surface area contributed by atoms with E-state index in [1.807, 2.05) is 12.1 Å². The number of halogens is 3. The van der Waals surface area contributed by atoms with E-state index in [1.165, 1.54) is 12.8 Å². The fourth-order valence-corrected chi connectivity index (χ4v) is 2.55. The van der Waals surface area contributed by atoms with E-state index < -0.39 is 6.61 Å². The highest BCUT2D eigenvalue weighted by Gasteiger charge is 2.13. The quantitative estimate of drug-likeness (QED) is 0.842. The molecule has 17 heavy (non-hydrogen) atoms. The molecule has 1 aliphatic rings. The van der Waals surface area contributed by atoms with Crippen molar-refractivity contribution >= 4 is 15.9 Å². The number of likely N-dealkylation sites (tertiary alicyclic amines) is 1. The first-order valence-corrected chi connectivity index (χ1v) is 6.40. The van der Waals surface area contributed by atoms with Gasteiger partial charge in [-0.05, 0) is 59.6 Å². The lowest BCUT2D eigenvalue weighted by molar-refractivity contribution is -0.0503. The summed E-state index contributed by atoms with van der Waals surface area (Å²) in [6.45, 7) is 0.323. The normalized spacial score (nSPS) is 16.7. The maximum atomic E-state index is 12.1. The van der Waals surface area contributed by atoms with Gasteiger partial charge in [0.25, 0.3) is 0 Å². The summed E-state index contributed by atoms with van der Waals surface area (Å²) in [6, 6.07) is 5.26. The third-order valence-corrected chi connectivity index (χ3v) is 3.44. The third-order valence-electron chi connectivity index (χ3n) is 2.82. The molecular weight excluding hydrogens is 292 g/mol. The second-order valence-electron chi connectivity index (χ2n) is 4.13. The topological polar surface area (TPSA) is 12.5 Å². The van der Waals surface area contributed by atoms with Gasteiger partial charge >= 0.3 is 6.61 Å². The smallest absolute Gasteiger partial charge is 0.387 e. The van der Waals surface area contributed by atoms with E-state index in [1.54, 1.807) is 6.07 Å². The molecule has 1 saturated heterocycles. The Morgan fingerprint density at radius 2 is 2.00 bits per heavy atom. The standard InChI is InChI=1S/C12H14BrF2NO/c13-10-7-9(8-16-5-1-2-6-16)3-4-11(10)17-12(14)15/h3-4,7,12H,1-2,5-6,8H2. The largest absolute Gasteiger partial charge is 0.434 e. The molecule has 1 heterocycles. The van der Waals surface area contributed by atoms with Crippen LogP contribution < -0.4 is 4.74 Å². The van der Waals surface area contributed by atoms with E-state index >= 15 is 0 Å². The molecule has 1 aromatic rings. The van der Waals surface area contributed by atoms with E-state index in [4.69, 9.17) is 0 Å². The van der Waals surface area contributed by atoms with E-state index in [0.717, 1.165) is 25.2 Å². The number of ether oxygens (including phenoxy) is 1. The fraction of sp³-hybridized carbons (Fsp3) is 0.500. The van der Waals surface area contributed by atoms with Crippen LogP contribution >= 0.6 is 15.9 Å². The number of nitrogens with zero attached hydrogens (tertiary/aromatic N) is 1. The van der Waals surface area contributed by atoms with Crippen LogP contribution in [0.15, 0.2) is 22.7 Å².